The fourth-order valence-corrected chi connectivity index (χ4v) is 3.75. The number of nitro benzene ring substituents is 1. The Kier molecular flexibility index (Phi) is 10.8. The molecule has 208 valence electrons. The molecule has 0 saturated carbocycles. The topological polar surface area (TPSA) is 123 Å². The average molecular weight is 606 g/mol. The van der Waals surface area contributed by atoms with Crippen molar-refractivity contribution in [3.8, 4) is 28.7 Å². The lowest BCUT2D eigenvalue weighted by Crippen LogP contribution is -2.24. The normalized spacial score (nSPS) is 10.9. The van der Waals surface area contributed by atoms with Crippen LogP contribution in [0.5, 0.6) is 28.7 Å². The Hall–Kier alpha value is -4.18. The number of nitrogens with zero attached hydrogens (tertiary/aromatic N) is 1. The molecule has 9 nitrogen and oxygen atoms in total. The molecule has 0 fully saturated rings. The summed E-state index contributed by atoms with van der Waals surface area (Å²) in [6.45, 7) is 1.61. The highest BCUT2D eigenvalue weighted by Crippen LogP contribution is 2.39. The molecule has 0 aromatic heterocycles. The van der Waals surface area contributed by atoms with Crippen molar-refractivity contribution < 1.29 is 28.7 Å². The van der Waals surface area contributed by atoms with Gasteiger partial charge in [-0.15, -0.1) is 0 Å². The molecule has 1 unspecified atom stereocenters. The van der Waals surface area contributed by atoms with Gasteiger partial charge >= 0.3 is 5.97 Å². The number of halogens is 3. The number of carbonyl (C=O) groups is 1. The van der Waals surface area contributed by atoms with Crippen LogP contribution >= 0.6 is 34.8 Å². The van der Waals surface area contributed by atoms with Crippen molar-refractivity contribution in [2.75, 3.05) is 12.8 Å². The lowest BCUT2D eigenvalue weighted by Gasteiger charge is -2.13. The van der Waals surface area contributed by atoms with E-state index in [-0.39, 0.29) is 22.1 Å². The third-order valence-electron chi connectivity index (χ3n) is 5.08. The standard InChI is InChI=1S/C16H14Cl2O4.C12H9ClN2O3/c1-10(16(19)20-2)21-12-4-6-13(7-5-12)22-15-8-3-11(17)9-14(15)18;13-11-10(18-8-4-2-1-3-5-8)7-6-9(12(11)14)15(16)17/h3-10H,1-2H3;1-7H,14H2. The molecular weight excluding hydrogens is 583 g/mol. The first-order chi connectivity index (χ1) is 19.1. The van der Waals surface area contributed by atoms with Gasteiger partial charge in [0.05, 0.1) is 17.1 Å². The fourth-order valence-electron chi connectivity index (χ4n) is 3.11. The highest BCUT2D eigenvalue weighted by molar-refractivity contribution is 6.35. The number of rotatable bonds is 8. The van der Waals surface area contributed by atoms with Crippen LogP contribution in [0.1, 0.15) is 6.92 Å². The predicted octanol–water partition coefficient (Wildman–Crippen LogP) is 8.35. The van der Waals surface area contributed by atoms with E-state index in [1.54, 1.807) is 73.7 Å². The molecule has 0 heterocycles. The van der Waals surface area contributed by atoms with E-state index < -0.39 is 17.0 Å². The second kappa shape index (κ2) is 14.3. The van der Waals surface area contributed by atoms with Crippen LogP contribution in [-0.4, -0.2) is 24.1 Å². The van der Waals surface area contributed by atoms with E-state index in [1.165, 1.54) is 19.2 Å². The molecule has 0 amide bonds. The van der Waals surface area contributed by atoms with Gasteiger partial charge < -0.3 is 24.7 Å². The largest absolute Gasteiger partial charge is 0.479 e. The number of anilines is 1. The molecule has 0 saturated heterocycles. The number of hydrogen-bond acceptors (Lipinski definition) is 8. The molecule has 1 atom stereocenters. The van der Waals surface area contributed by atoms with E-state index in [1.807, 2.05) is 6.07 Å². The fraction of sp³-hybridized carbons (Fsp3) is 0.107. The molecular formula is C28H23Cl3N2O7. The Morgan fingerprint density at radius 2 is 1.43 bits per heavy atom. The van der Waals surface area contributed by atoms with Gasteiger partial charge in [-0.05, 0) is 67.6 Å². The summed E-state index contributed by atoms with van der Waals surface area (Å²) in [6.07, 6.45) is -0.678. The van der Waals surface area contributed by atoms with Crippen molar-refractivity contribution in [3.63, 3.8) is 0 Å². The third kappa shape index (κ3) is 8.41. The van der Waals surface area contributed by atoms with Gasteiger partial charge in [0, 0.05) is 11.1 Å². The molecule has 0 aliphatic carbocycles. The van der Waals surface area contributed by atoms with Gasteiger partial charge in [0.2, 0.25) is 0 Å². The number of nitrogen functional groups attached to an aromatic ring is 1. The molecule has 0 bridgehead atoms. The van der Waals surface area contributed by atoms with Gasteiger partial charge in [-0.1, -0.05) is 53.0 Å². The summed E-state index contributed by atoms with van der Waals surface area (Å²) in [5.41, 5.74) is 5.25. The van der Waals surface area contributed by atoms with E-state index in [2.05, 4.69) is 4.74 Å². The Labute approximate surface area is 245 Å². The predicted molar refractivity (Wildman–Crippen MR) is 154 cm³/mol. The monoisotopic (exact) mass is 604 g/mol. The molecule has 0 aliphatic heterocycles. The molecule has 0 spiro atoms. The quantitative estimate of drug-likeness (QED) is 0.0920. The van der Waals surface area contributed by atoms with E-state index in [0.29, 0.717) is 33.0 Å². The maximum Gasteiger partial charge on any atom is 0.346 e. The van der Waals surface area contributed by atoms with Gasteiger partial charge in [-0.3, -0.25) is 10.1 Å². The minimum atomic E-state index is -0.678. The summed E-state index contributed by atoms with van der Waals surface area (Å²) in [4.78, 5) is 21.4. The molecule has 4 rings (SSSR count). The number of methoxy groups -OCH3 is 1. The maximum atomic E-state index is 11.3. The number of nitro groups is 1. The SMILES string of the molecule is COC(=O)C(C)Oc1ccc(Oc2ccc(Cl)cc2Cl)cc1.Nc1c([N+](=O)[O-])ccc(Oc2ccccc2)c1Cl. The minimum Gasteiger partial charge on any atom is -0.479 e. The number of benzene rings is 4. The van der Waals surface area contributed by atoms with Gasteiger partial charge in [0.25, 0.3) is 5.69 Å². The molecule has 4 aromatic carbocycles. The van der Waals surface area contributed by atoms with E-state index in [4.69, 9.17) is 54.7 Å². The highest BCUT2D eigenvalue weighted by atomic mass is 35.5. The summed E-state index contributed by atoms with van der Waals surface area (Å²) in [6, 6.07) is 23.4. The van der Waals surface area contributed by atoms with Crippen molar-refractivity contribution in [1.29, 1.82) is 0 Å². The first kappa shape index (κ1) is 30.4. The lowest BCUT2D eigenvalue weighted by molar-refractivity contribution is -0.383. The third-order valence-corrected chi connectivity index (χ3v) is 6.00. The van der Waals surface area contributed by atoms with Crippen molar-refractivity contribution in [1.82, 2.24) is 0 Å². The Morgan fingerprint density at radius 3 is 2.02 bits per heavy atom. The number of nitrogens with two attached hydrogens (primary N) is 1. The molecule has 0 radical (unpaired) electrons. The van der Waals surface area contributed by atoms with Crippen molar-refractivity contribution in [2.24, 2.45) is 0 Å². The van der Waals surface area contributed by atoms with Crippen LogP contribution in [0.4, 0.5) is 11.4 Å². The van der Waals surface area contributed by atoms with Crippen LogP contribution in [0, 0.1) is 10.1 Å². The molecule has 2 N–H and O–H groups in total. The Morgan fingerprint density at radius 1 is 0.850 bits per heavy atom. The number of ether oxygens (including phenoxy) is 4. The van der Waals surface area contributed by atoms with Crippen molar-refractivity contribution in [3.05, 3.63) is 110 Å². The van der Waals surface area contributed by atoms with Crippen molar-refractivity contribution in [2.45, 2.75) is 13.0 Å². The van der Waals surface area contributed by atoms with Gasteiger partial charge in [-0.2, -0.15) is 0 Å². The van der Waals surface area contributed by atoms with Gasteiger partial charge in [0.15, 0.2) is 6.10 Å². The van der Waals surface area contributed by atoms with Crippen LogP contribution in [0.3, 0.4) is 0 Å². The summed E-state index contributed by atoms with van der Waals surface area (Å²) >= 11 is 17.8. The lowest BCUT2D eigenvalue weighted by atomic mass is 10.2. The highest BCUT2D eigenvalue weighted by Gasteiger charge is 2.18. The summed E-state index contributed by atoms with van der Waals surface area (Å²) in [7, 11) is 1.31. The summed E-state index contributed by atoms with van der Waals surface area (Å²) in [5, 5.41) is 11.7. The first-order valence-electron chi connectivity index (χ1n) is 11.5. The van der Waals surface area contributed by atoms with Gasteiger partial charge in [-0.25, -0.2) is 4.79 Å². The zero-order valence-electron chi connectivity index (χ0n) is 21.2. The van der Waals surface area contributed by atoms with Crippen LogP contribution < -0.4 is 19.9 Å². The second-order valence-corrected chi connectivity index (χ2v) is 9.14. The van der Waals surface area contributed by atoms with Crippen LogP contribution in [0.15, 0.2) is 84.9 Å². The summed E-state index contributed by atoms with van der Waals surface area (Å²) in [5.74, 6) is 2.05. The van der Waals surface area contributed by atoms with E-state index >= 15 is 0 Å². The number of para-hydroxylation sites is 1. The molecule has 4 aromatic rings. The minimum absolute atomic E-state index is 0.0352. The van der Waals surface area contributed by atoms with Crippen LogP contribution in [0.25, 0.3) is 0 Å². The zero-order chi connectivity index (χ0) is 29.2. The number of hydrogen-bond donors (Lipinski definition) is 1. The van der Waals surface area contributed by atoms with Crippen LogP contribution in [-0.2, 0) is 9.53 Å². The maximum absolute atomic E-state index is 11.3. The average Bonchev–Trinajstić information content (AvgIpc) is 2.94. The molecule has 0 aliphatic rings. The van der Waals surface area contributed by atoms with Crippen LogP contribution in [0.2, 0.25) is 15.1 Å². The van der Waals surface area contributed by atoms with E-state index in [0.717, 1.165) is 0 Å². The Bertz CT molecular complexity index is 1470. The van der Waals surface area contributed by atoms with E-state index in [9.17, 15) is 14.9 Å². The molecule has 12 heteroatoms. The smallest absolute Gasteiger partial charge is 0.346 e. The van der Waals surface area contributed by atoms with Gasteiger partial charge in [0.1, 0.15) is 39.5 Å². The first-order valence-corrected chi connectivity index (χ1v) is 12.6. The zero-order valence-corrected chi connectivity index (χ0v) is 23.4. The number of carbonyl (C=O) groups excluding carboxylic acids is 1. The Balaban J connectivity index is 0.000000225. The summed E-state index contributed by atoms with van der Waals surface area (Å²) < 4.78 is 21.2. The second-order valence-electron chi connectivity index (χ2n) is 7.91. The number of esters is 1. The molecule has 40 heavy (non-hydrogen) atoms. The van der Waals surface area contributed by atoms with Crippen molar-refractivity contribution >= 4 is 52.1 Å².